The highest BCUT2D eigenvalue weighted by Gasteiger charge is 2.38. The van der Waals surface area contributed by atoms with Gasteiger partial charge in [0.2, 0.25) is 0 Å². The Kier molecular flexibility index (Phi) is 4.94. The fraction of sp³-hybridized carbons (Fsp3) is 0.438. The molecule has 3 rings (SSSR count). The molecule has 0 radical (unpaired) electrons. The quantitative estimate of drug-likeness (QED) is 0.609. The molecule has 1 saturated heterocycles. The van der Waals surface area contributed by atoms with Crippen molar-refractivity contribution >= 4 is 22.8 Å². The van der Waals surface area contributed by atoms with Crippen LogP contribution < -0.4 is 4.90 Å². The van der Waals surface area contributed by atoms with Crippen LogP contribution in [0, 0.1) is 5.82 Å². The topological polar surface area (TPSA) is 64.5 Å². The Morgan fingerprint density at radius 1 is 1.27 bits per heavy atom. The molecular weight excluding hydrogens is 358 g/mol. The fourth-order valence-electron chi connectivity index (χ4n) is 2.65. The molecule has 1 aliphatic heterocycles. The van der Waals surface area contributed by atoms with E-state index >= 15 is 0 Å². The second-order valence-corrected chi connectivity index (χ2v) is 5.54. The second kappa shape index (κ2) is 7.02. The molecule has 26 heavy (non-hydrogen) atoms. The molecule has 3 heterocycles. The van der Waals surface area contributed by atoms with Crippen LogP contribution in [-0.4, -0.2) is 48.8 Å². The molecule has 0 N–H and O–H groups in total. The lowest BCUT2D eigenvalue weighted by molar-refractivity contribution is -0.141. The maximum atomic E-state index is 14.4. The zero-order valence-corrected chi connectivity index (χ0v) is 13.8. The zero-order valence-electron chi connectivity index (χ0n) is 13.8. The van der Waals surface area contributed by atoms with E-state index in [4.69, 9.17) is 4.74 Å². The monoisotopic (exact) mass is 373 g/mol. The third kappa shape index (κ3) is 3.55. The Hall–Kier alpha value is -2.49. The molecule has 0 saturated carbocycles. The Morgan fingerprint density at radius 2 is 1.96 bits per heavy atom. The number of pyridine rings is 2. The van der Waals surface area contributed by atoms with Crippen LogP contribution in [-0.2, 0) is 15.7 Å². The first-order valence-corrected chi connectivity index (χ1v) is 7.89. The molecule has 140 valence electrons. The smallest absolute Gasteiger partial charge is 0.434 e. The van der Waals surface area contributed by atoms with Gasteiger partial charge in [-0.05, 0) is 19.1 Å². The van der Waals surface area contributed by atoms with E-state index in [1.807, 2.05) is 0 Å². The second-order valence-electron chi connectivity index (χ2n) is 5.54. The van der Waals surface area contributed by atoms with Crippen molar-refractivity contribution < 1.29 is 31.8 Å². The number of halogens is 4. The van der Waals surface area contributed by atoms with Crippen molar-refractivity contribution in [3.05, 3.63) is 29.2 Å². The maximum Gasteiger partial charge on any atom is 0.434 e. The number of esters is 1. The van der Waals surface area contributed by atoms with Crippen LogP contribution in [0.15, 0.2) is 12.1 Å². The van der Waals surface area contributed by atoms with Crippen molar-refractivity contribution in [1.29, 1.82) is 0 Å². The molecule has 2 aromatic heterocycles. The first kappa shape index (κ1) is 18.3. The highest BCUT2D eigenvalue weighted by atomic mass is 19.4. The fourth-order valence-corrected chi connectivity index (χ4v) is 2.65. The molecule has 10 heteroatoms. The van der Waals surface area contributed by atoms with Crippen LogP contribution in [0.1, 0.15) is 23.0 Å². The summed E-state index contributed by atoms with van der Waals surface area (Å²) in [7, 11) is 0. The lowest BCUT2D eigenvalue weighted by Gasteiger charge is -2.28. The summed E-state index contributed by atoms with van der Waals surface area (Å²) in [5, 5.41) is -0.0180. The van der Waals surface area contributed by atoms with Crippen LogP contribution in [0.3, 0.4) is 0 Å². The number of alkyl halides is 3. The van der Waals surface area contributed by atoms with Crippen LogP contribution >= 0.6 is 0 Å². The molecule has 0 aromatic carbocycles. The maximum absolute atomic E-state index is 14.4. The summed E-state index contributed by atoms with van der Waals surface area (Å²) in [6.45, 7) is 2.82. The van der Waals surface area contributed by atoms with Gasteiger partial charge in [0.15, 0.2) is 23.0 Å². The highest BCUT2D eigenvalue weighted by molar-refractivity contribution is 5.95. The van der Waals surface area contributed by atoms with Crippen molar-refractivity contribution in [3.63, 3.8) is 0 Å². The summed E-state index contributed by atoms with van der Waals surface area (Å²) in [5.41, 5.74) is -2.48. The molecule has 2 aromatic rings. The molecule has 0 unspecified atom stereocenters. The summed E-state index contributed by atoms with van der Waals surface area (Å²) >= 11 is 0. The predicted molar refractivity (Wildman–Crippen MR) is 83.5 cm³/mol. The number of fused-ring (bicyclic) bond motifs is 1. The van der Waals surface area contributed by atoms with Gasteiger partial charge in [-0.15, -0.1) is 0 Å². The number of carbonyl (C=O) groups is 1. The Balaban J connectivity index is 2.14. The van der Waals surface area contributed by atoms with Crippen LogP contribution in [0.5, 0.6) is 0 Å². The van der Waals surface area contributed by atoms with Gasteiger partial charge < -0.3 is 14.4 Å². The minimum atomic E-state index is -4.88. The molecule has 6 nitrogen and oxygen atoms in total. The van der Waals surface area contributed by atoms with Crippen molar-refractivity contribution in [1.82, 2.24) is 9.97 Å². The van der Waals surface area contributed by atoms with E-state index < -0.39 is 29.2 Å². The summed E-state index contributed by atoms with van der Waals surface area (Å²) in [6, 6.07) is 1.92. The van der Waals surface area contributed by atoms with E-state index in [2.05, 4.69) is 14.7 Å². The first-order chi connectivity index (χ1) is 12.3. The molecule has 0 amide bonds. The van der Waals surface area contributed by atoms with Crippen LogP contribution in [0.2, 0.25) is 0 Å². The van der Waals surface area contributed by atoms with Crippen molar-refractivity contribution in [2.45, 2.75) is 13.1 Å². The lowest BCUT2D eigenvalue weighted by atomic mass is 10.1. The minimum absolute atomic E-state index is 0.0180. The first-order valence-electron chi connectivity index (χ1n) is 7.89. The minimum Gasteiger partial charge on any atom is -0.462 e. The number of hydrogen-bond donors (Lipinski definition) is 0. The van der Waals surface area contributed by atoms with Crippen LogP contribution in [0.25, 0.3) is 11.0 Å². The number of hydrogen-bond acceptors (Lipinski definition) is 6. The Morgan fingerprint density at radius 3 is 2.58 bits per heavy atom. The van der Waals surface area contributed by atoms with Gasteiger partial charge in [0.1, 0.15) is 0 Å². The Bertz CT molecular complexity index is 836. The number of anilines is 1. The zero-order chi connectivity index (χ0) is 18.9. The molecule has 0 aliphatic carbocycles. The number of aromatic nitrogens is 2. The number of morpholine rings is 1. The van der Waals surface area contributed by atoms with E-state index in [0.717, 1.165) is 12.1 Å². The third-order valence-electron chi connectivity index (χ3n) is 3.81. The van der Waals surface area contributed by atoms with E-state index in [9.17, 15) is 22.4 Å². The molecular formula is C16H15F4N3O3. The lowest BCUT2D eigenvalue weighted by Crippen LogP contribution is -2.37. The number of rotatable bonds is 3. The number of carbonyl (C=O) groups excluding carboxylic acids is 1. The predicted octanol–water partition coefficient (Wildman–Crippen LogP) is 2.80. The van der Waals surface area contributed by atoms with Gasteiger partial charge in [0.05, 0.1) is 25.4 Å². The van der Waals surface area contributed by atoms with Gasteiger partial charge in [-0.25, -0.2) is 19.2 Å². The third-order valence-corrected chi connectivity index (χ3v) is 3.81. The summed E-state index contributed by atoms with van der Waals surface area (Å²) < 4.78 is 64.2. The summed E-state index contributed by atoms with van der Waals surface area (Å²) in [4.78, 5) is 20.9. The summed E-state index contributed by atoms with van der Waals surface area (Å²) in [5.74, 6) is -1.98. The highest BCUT2D eigenvalue weighted by Crippen LogP contribution is 2.33. The SMILES string of the molecule is CCOC(=O)c1cc2cc(F)c(N3CCOCC3)nc2nc1C(F)(F)F. The van der Waals surface area contributed by atoms with E-state index in [0.29, 0.717) is 26.3 Å². The average Bonchev–Trinajstić information content (AvgIpc) is 2.60. The van der Waals surface area contributed by atoms with E-state index in [-0.39, 0.29) is 23.5 Å². The van der Waals surface area contributed by atoms with E-state index in [1.54, 1.807) is 4.90 Å². The van der Waals surface area contributed by atoms with Gasteiger partial charge in [-0.1, -0.05) is 0 Å². The van der Waals surface area contributed by atoms with E-state index in [1.165, 1.54) is 6.92 Å². The molecule has 1 fully saturated rings. The number of ether oxygens (including phenoxy) is 2. The molecule has 0 spiro atoms. The largest absolute Gasteiger partial charge is 0.462 e. The van der Waals surface area contributed by atoms with Gasteiger partial charge in [-0.3, -0.25) is 0 Å². The van der Waals surface area contributed by atoms with Gasteiger partial charge in [0, 0.05) is 18.5 Å². The normalized spacial score (nSPS) is 15.3. The van der Waals surface area contributed by atoms with Crippen LogP contribution in [0.4, 0.5) is 23.4 Å². The number of nitrogens with zero attached hydrogens (tertiary/aromatic N) is 3. The van der Waals surface area contributed by atoms with Gasteiger partial charge in [0.25, 0.3) is 0 Å². The van der Waals surface area contributed by atoms with Crippen molar-refractivity contribution in [2.24, 2.45) is 0 Å². The Labute approximate surface area is 145 Å². The van der Waals surface area contributed by atoms with Crippen molar-refractivity contribution in [3.8, 4) is 0 Å². The molecule has 0 atom stereocenters. The summed E-state index contributed by atoms with van der Waals surface area (Å²) in [6.07, 6.45) is -4.88. The van der Waals surface area contributed by atoms with Crippen molar-refractivity contribution in [2.75, 3.05) is 37.8 Å². The average molecular weight is 373 g/mol. The standard InChI is InChI=1S/C16H15F4N3O3/c1-2-26-15(24)10-7-9-8-11(17)14(23-3-5-25-6-4-23)22-13(9)21-12(10)16(18,19)20/h7-8H,2-6H2,1H3. The van der Waals surface area contributed by atoms with Gasteiger partial charge in [-0.2, -0.15) is 13.2 Å². The molecule has 1 aliphatic rings. The van der Waals surface area contributed by atoms with Gasteiger partial charge >= 0.3 is 12.1 Å². The molecule has 0 bridgehead atoms.